The Morgan fingerprint density at radius 2 is 1.83 bits per heavy atom. The summed E-state index contributed by atoms with van der Waals surface area (Å²) >= 11 is 3.53. The van der Waals surface area contributed by atoms with E-state index in [0.29, 0.717) is 23.6 Å². The highest BCUT2D eigenvalue weighted by Gasteiger charge is 2.24. The van der Waals surface area contributed by atoms with Crippen LogP contribution in [0.5, 0.6) is 0 Å². The third-order valence-corrected chi connectivity index (χ3v) is 6.01. The van der Waals surface area contributed by atoms with Gasteiger partial charge in [0.25, 0.3) is 5.91 Å². The Kier molecular flexibility index (Phi) is 6.15. The molecule has 1 saturated heterocycles. The minimum absolute atomic E-state index is 0.0979. The van der Waals surface area contributed by atoms with Crippen LogP contribution in [0.2, 0.25) is 0 Å². The van der Waals surface area contributed by atoms with Gasteiger partial charge in [-0.2, -0.15) is 5.26 Å². The molecule has 1 N–H and O–H groups in total. The van der Waals surface area contributed by atoms with Gasteiger partial charge in [-0.15, -0.1) is 0 Å². The summed E-state index contributed by atoms with van der Waals surface area (Å²) in [6.07, 6.45) is 1.05. The quantitative estimate of drug-likeness (QED) is 0.567. The fourth-order valence-corrected chi connectivity index (χ4v) is 4.36. The number of carbonyl (C=O) groups is 1. The number of anilines is 1. The molecule has 0 spiro atoms. The number of halogens is 1. The number of nitrogens with one attached hydrogen (secondary N) is 1. The molecule has 1 unspecified atom stereocenters. The molecule has 1 amide bonds. The number of benzene rings is 3. The van der Waals surface area contributed by atoms with E-state index < -0.39 is 0 Å². The second kappa shape index (κ2) is 9.15. The van der Waals surface area contributed by atoms with E-state index in [9.17, 15) is 10.1 Å². The van der Waals surface area contributed by atoms with Crippen molar-refractivity contribution in [3.63, 3.8) is 0 Å². The minimum Gasteiger partial charge on any atom is -0.371 e. The van der Waals surface area contributed by atoms with Gasteiger partial charge in [0.1, 0.15) is 0 Å². The molecule has 0 aliphatic carbocycles. The number of rotatable bonds is 5. The predicted molar refractivity (Wildman–Crippen MR) is 123 cm³/mol. The molecule has 3 aromatic carbocycles. The lowest BCUT2D eigenvalue weighted by Gasteiger charge is -2.19. The second-order valence-electron chi connectivity index (χ2n) is 7.49. The van der Waals surface area contributed by atoms with Crippen molar-refractivity contribution in [2.24, 2.45) is 5.92 Å². The lowest BCUT2D eigenvalue weighted by Crippen LogP contribution is -2.31. The number of nitriles is 1. The number of hydrogen-bond donors (Lipinski definition) is 1. The topological polar surface area (TPSA) is 56.1 Å². The van der Waals surface area contributed by atoms with Gasteiger partial charge in [-0.3, -0.25) is 4.79 Å². The highest BCUT2D eigenvalue weighted by atomic mass is 79.9. The van der Waals surface area contributed by atoms with Gasteiger partial charge in [-0.05, 0) is 48.2 Å². The monoisotopic (exact) mass is 459 g/mol. The minimum atomic E-state index is -0.0979. The molecule has 4 nitrogen and oxygen atoms in total. The van der Waals surface area contributed by atoms with Crippen LogP contribution in [0.3, 0.4) is 0 Å². The maximum absolute atomic E-state index is 13.0. The van der Waals surface area contributed by atoms with Crippen molar-refractivity contribution in [2.45, 2.75) is 6.42 Å². The average Bonchev–Trinajstić information content (AvgIpc) is 3.26. The number of carbonyl (C=O) groups excluding carboxylic acids is 1. The van der Waals surface area contributed by atoms with E-state index in [4.69, 9.17) is 0 Å². The molecule has 4 rings (SSSR count). The first-order valence-electron chi connectivity index (χ1n) is 10.0. The molecule has 0 bridgehead atoms. The van der Waals surface area contributed by atoms with Crippen molar-refractivity contribution in [3.05, 3.63) is 88.4 Å². The van der Waals surface area contributed by atoms with Crippen molar-refractivity contribution < 1.29 is 4.79 Å². The molecule has 0 aromatic heterocycles. The lowest BCUT2D eigenvalue weighted by molar-refractivity contribution is 0.0949. The van der Waals surface area contributed by atoms with Crippen molar-refractivity contribution in [3.8, 4) is 17.2 Å². The van der Waals surface area contributed by atoms with E-state index in [1.807, 2.05) is 54.6 Å². The highest BCUT2D eigenvalue weighted by Crippen LogP contribution is 2.28. The molecule has 1 aliphatic heterocycles. The van der Waals surface area contributed by atoms with E-state index in [0.717, 1.165) is 35.1 Å². The molecule has 5 heteroatoms. The third kappa shape index (κ3) is 4.39. The smallest absolute Gasteiger partial charge is 0.251 e. The van der Waals surface area contributed by atoms with Crippen molar-refractivity contribution in [1.82, 2.24) is 5.32 Å². The van der Waals surface area contributed by atoms with Crippen LogP contribution in [0, 0.1) is 17.2 Å². The van der Waals surface area contributed by atoms with Gasteiger partial charge < -0.3 is 10.2 Å². The number of hydrogen-bond acceptors (Lipinski definition) is 3. The van der Waals surface area contributed by atoms with Crippen LogP contribution in [0.4, 0.5) is 5.69 Å². The largest absolute Gasteiger partial charge is 0.371 e. The molecule has 1 fully saturated rings. The van der Waals surface area contributed by atoms with Gasteiger partial charge in [0.05, 0.1) is 11.6 Å². The van der Waals surface area contributed by atoms with Crippen LogP contribution >= 0.6 is 15.9 Å². The van der Waals surface area contributed by atoms with Crippen LogP contribution in [-0.4, -0.2) is 25.5 Å². The molecule has 1 atom stereocenters. The summed E-state index contributed by atoms with van der Waals surface area (Å²) in [5, 5.41) is 12.5. The molecule has 1 aliphatic rings. The summed E-state index contributed by atoms with van der Waals surface area (Å²) in [7, 11) is 0. The number of amides is 1. The Bertz CT molecular complexity index is 1110. The summed E-state index contributed by atoms with van der Waals surface area (Å²) in [6.45, 7) is 2.55. The fourth-order valence-electron chi connectivity index (χ4n) is 3.97. The van der Waals surface area contributed by atoms with Gasteiger partial charge in [-0.1, -0.05) is 58.4 Å². The van der Waals surface area contributed by atoms with Gasteiger partial charge in [0.2, 0.25) is 0 Å². The Morgan fingerprint density at radius 3 is 2.63 bits per heavy atom. The third-order valence-electron chi connectivity index (χ3n) is 5.52. The highest BCUT2D eigenvalue weighted by molar-refractivity contribution is 9.10. The summed E-state index contributed by atoms with van der Waals surface area (Å²) < 4.78 is 1.08. The SMILES string of the molecule is N#Cc1ccccc1-c1ccccc1C(=O)NCC1CCN(c2cccc(Br)c2)C1. The lowest BCUT2D eigenvalue weighted by atomic mass is 9.95. The van der Waals surface area contributed by atoms with Crippen LogP contribution in [0.25, 0.3) is 11.1 Å². The summed E-state index contributed by atoms with van der Waals surface area (Å²) in [5.74, 6) is 0.311. The average molecular weight is 460 g/mol. The zero-order valence-electron chi connectivity index (χ0n) is 16.5. The van der Waals surface area contributed by atoms with E-state index in [1.165, 1.54) is 5.69 Å². The standard InChI is InChI=1S/C25H22BrN3O/c26-20-7-5-8-21(14-20)29-13-12-18(17-29)16-28-25(30)24-11-4-3-10-23(24)22-9-2-1-6-19(22)15-27/h1-11,14,18H,12-13,16-17H2,(H,28,30). The van der Waals surface area contributed by atoms with E-state index in [2.05, 4.69) is 44.3 Å². The molecule has 1 heterocycles. The molecule has 0 saturated carbocycles. The summed E-state index contributed by atoms with van der Waals surface area (Å²) in [6, 6.07) is 25.4. The Morgan fingerprint density at radius 1 is 1.07 bits per heavy atom. The van der Waals surface area contributed by atoms with E-state index in [1.54, 1.807) is 6.07 Å². The molecular formula is C25H22BrN3O. The zero-order valence-corrected chi connectivity index (χ0v) is 18.1. The Hall–Kier alpha value is -3.10. The zero-order chi connectivity index (χ0) is 20.9. The first-order chi connectivity index (χ1) is 14.7. The van der Waals surface area contributed by atoms with Gasteiger partial charge >= 0.3 is 0 Å². The van der Waals surface area contributed by atoms with Crippen LogP contribution in [0.1, 0.15) is 22.3 Å². The van der Waals surface area contributed by atoms with Crippen molar-refractivity contribution >= 4 is 27.5 Å². The molecular weight excluding hydrogens is 438 g/mol. The van der Waals surface area contributed by atoms with E-state index >= 15 is 0 Å². The summed E-state index contributed by atoms with van der Waals surface area (Å²) in [5.41, 5.74) is 3.94. The predicted octanol–water partition coefficient (Wildman–Crippen LogP) is 5.24. The maximum Gasteiger partial charge on any atom is 0.251 e. The van der Waals surface area contributed by atoms with Gasteiger partial charge in [0.15, 0.2) is 0 Å². The van der Waals surface area contributed by atoms with Gasteiger partial charge in [0, 0.05) is 40.9 Å². The number of nitrogens with zero attached hydrogens (tertiary/aromatic N) is 2. The summed E-state index contributed by atoms with van der Waals surface area (Å²) in [4.78, 5) is 15.3. The first kappa shape index (κ1) is 20.2. The Labute approximate surface area is 185 Å². The van der Waals surface area contributed by atoms with Crippen LogP contribution in [-0.2, 0) is 0 Å². The van der Waals surface area contributed by atoms with Crippen LogP contribution in [0.15, 0.2) is 77.3 Å². The molecule has 3 aromatic rings. The van der Waals surface area contributed by atoms with Gasteiger partial charge in [-0.25, -0.2) is 0 Å². The maximum atomic E-state index is 13.0. The molecule has 150 valence electrons. The van der Waals surface area contributed by atoms with Crippen molar-refractivity contribution in [2.75, 3.05) is 24.5 Å². The normalized spacial score (nSPS) is 15.6. The second-order valence-corrected chi connectivity index (χ2v) is 8.41. The molecule has 30 heavy (non-hydrogen) atoms. The van der Waals surface area contributed by atoms with E-state index in [-0.39, 0.29) is 5.91 Å². The molecule has 0 radical (unpaired) electrons. The van der Waals surface area contributed by atoms with Crippen LogP contribution < -0.4 is 10.2 Å². The van der Waals surface area contributed by atoms with Crippen molar-refractivity contribution in [1.29, 1.82) is 5.26 Å². The fraction of sp³-hybridized carbons (Fsp3) is 0.200. The Balaban J connectivity index is 1.44. The first-order valence-corrected chi connectivity index (χ1v) is 10.8.